The maximum atomic E-state index is 6.00. The molecule has 2 fully saturated rings. The van der Waals surface area contributed by atoms with Gasteiger partial charge in [-0.3, -0.25) is 9.80 Å². The van der Waals surface area contributed by atoms with Gasteiger partial charge in [0.25, 0.3) is 0 Å². The summed E-state index contributed by atoms with van der Waals surface area (Å²) in [5.74, 6) is 0. The number of rotatable bonds is 5. The van der Waals surface area contributed by atoms with Crippen molar-refractivity contribution in [2.24, 2.45) is 5.73 Å². The molecule has 1 aliphatic carbocycles. The molecule has 1 atom stereocenters. The minimum Gasteiger partial charge on any atom is -0.329 e. The fraction of sp³-hybridized carbons (Fsp3) is 0.625. The third-order valence-electron chi connectivity index (χ3n) is 4.51. The zero-order valence-corrected chi connectivity index (χ0v) is 11.7. The highest BCUT2D eigenvalue weighted by Crippen LogP contribution is 2.27. The van der Waals surface area contributed by atoms with Crippen molar-refractivity contribution in [3.8, 4) is 0 Å². The maximum Gasteiger partial charge on any atom is 0.0259 e. The fourth-order valence-electron chi connectivity index (χ4n) is 3.16. The van der Waals surface area contributed by atoms with Crippen molar-refractivity contribution in [2.45, 2.75) is 31.3 Å². The average Bonchev–Trinajstić information content (AvgIpc) is 3.31. The molecule has 1 aromatic carbocycles. The van der Waals surface area contributed by atoms with E-state index in [1.54, 1.807) is 0 Å². The maximum absolute atomic E-state index is 6.00. The summed E-state index contributed by atoms with van der Waals surface area (Å²) in [6.45, 7) is 5.60. The first-order chi connectivity index (χ1) is 9.36. The molecule has 1 aliphatic heterocycles. The number of hydrogen-bond acceptors (Lipinski definition) is 3. The summed E-state index contributed by atoms with van der Waals surface area (Å²) in [6, 6.07) is 12.2. The lowest BCUT2D eigenvalue weighted by Gasteiger charge is -2.39. The van der Waals surface area contributed by atoms with E-state index in [4.69, 9.17) is 5.73 Å². The second-order valence-electron chi connectivity index (χ2n) is 5.88. The first-order valence-corrected chi connectivity index (χ1v) is 7.59. The molecular weight excluding hydrogens is 234 g/mol. The van der Waals surface area contributed by atoms with E-state index in [2.05, 4.69) is 40.1 Å². The van der Waals surface area contributed by atoms with Crippen molar-refractivity contribution in [1.29, 1.82) is 0 Å². The van der Waals surface area contributed by atoms with Gasteiger partial charge in [-0.25, -0.2) is 0 Å². The van der Waals surface area contributed by atoms with Crippen LogP contribution < -0.4 is 5.73 Å². The molecule has 1 saturated carbocycles. The standard InChI is InChI=1S/C16H25N3/c17-13-16(12-14-4-2-1-3-5-14)19-10-8-18(9-11-19)15-6-7-15/h1-5,15-16H,6-13,17H2. The lowest BCUT2D eigenvalue weighted by atomic mass is 10.0. The Balaban J connectivity index is 1.54. The van der Waals surface area contributed by atoms with Crippen LogP contribution in [0.5, 0.6) is 0 Å². The molecule has 3 nitrogen and oxygen atoms in total. The minimum absolute atomic E-state index is 0.503. The second-order valence-corrected chi connectivity index (χ2v) is 5.88. The van der Waals surface area contributed by atoms with Crippen LogP contribution in [0, 0.1) is 0 Å². The summed E-state index contributed by atoms with van der Waals surface area (Å²) in [7, 11) is 0. The summed E-state index contributed by atoms with van der Waals surface area (Å²) < 4.78 is 0. The van der Waals surface area contributed by atoms with E-state index < -0.39 is 0 Å². The molecule has 1 heterocycles. The molecule has 0 radical (unpaired) electrons. The van der Waals surface area contributed by atoms with Gasteiger partial charge in [0.15, 0.2) is 0 Å². The average molecular weight is 259 g/mol. The van der Waals surface area contributed by atoms with Crippen LogP contribution >= 0.6 is 0 Å². The van der Waals surface area contributed by atoms with Gasteiger partial charge in [-0.05, 0) is 24.8 Å². The molecule has 0 amide bonds. The highest BCUT2D eigenvalue weighted by atomic mass is 15.3. The Morgan fingerprint density at radius 3 is 2.32 bits per heavy atom. The van der Waals surface area contributed by atoms with Crippen molar-refractivity contribution >= 4 is 0 Å². The Labute approximate surface area is 116 Å². The predicted octanol–water partition coefficient (Wildman–Crippen LogP) is 1.34. The summed E-state index contributed by atoms with van der Waals surface area (Å²) in [5, 5.41) is 0. The quantitative estimate of drug-likeness (QED) is 0.866. The molecule has 2 aliphatic rings. The van der Waals surface area contributed by atoms with Gasteiger partial charge >= 0.3 is 0 Å². The van der Waals surface area contributed by atoms with E-state index in [9.17, 15) is 0 Å². The Morgan fingerprint density at radius 2 is 1.74 bits per heavy atom. The molecule has 0 spiro atoms. The van der Waals surface area contributed by atoms with Crippen molar-refractivity contribution < 1.29 is 0 Å². The Hall–Kier alpha value is -0.900. The van der Waals surface area contributed by atoms with E-state index in [0.717, 1.165) is 19.0 Å². The van der Waals surface area contributed by atoms with Gasteiger partial charge in [0.2, 0.25) is 0 Å². The predicted molar refractivity (Wildman–Crippen MR) is 79.2 cm³/mol. The second kappa shape index (κ2) is 6.04. The number of hydrogen-bond donors (Lipinski definition) is 1. The Morgan fingerprint density at radius 1 is 1.05 bits per heavy atom. The highest BCUT2D eigenvalue weighted by molar-refractivity contribution is 5.16. The van der Waals surface area contributed by atoms with Gasteiger partial charge < -0.3 is 5.73 Å². The van der Waals surface area contributed by atoms with Gasteiger partial charge in [-0.1, -0.05) is 30.3 Å². The first-order valence-electron chi connectivity index (χ1n) is 7.59. The molecule has 0 aromatic heterocycles. The molecule has 2 N–H and O–H groups in total. The zero-order chi connectivity index (χ0) is 13.1. The molecule has 1 aromatic rings. The third kappa shape index (κ3) is 3.35. The SMILES string of the molecule is NCC(Cc1ccccc1)N1CCN(C2CC2)CC1. The first kappa shape index (κ1) is 13.1. The normalized spacial score (nSPS) is 23.4. The summed E-state index contributed by atoms with van der Waals surface area (Å²) in [5.41, 5.74) is 7.41. The number of nitrogens with two attached hydrogens (primary N) is 1. The smallest absolute Gasteiger partial charge is 0.0259 e. The van der Waals surface area contributed by atoms with E-state index in [1.165, 1.54) is 44.6 Å². The lowest BCUT2D eigenvalue weighted by molar-refractivity contribution is 0.0938. The van der Waals surface area contributed by atoms with Gasteiger partial charge in [-0.15, -0.1) is 0 Å². The van der Waals surface area contributed by atoms with E-state index >= 15 is 0 Å². The molecule has 19 heavy (non-hydrogen) atoms. The highest BCUT2D eigenvalue weighted by Gasteiger charge is 2.32. The van der Waals surface area contributed by atoms with E-state index in [0.29, 0.717) is 6.04 Å². The van der Waals surface area contributed by atoms with Crippen molar-refractivity contribution in [1.82, 2.24) is 9.80 Å². The van der Waals surface area contributed by atoms with Gasteiger partial charge in [-0.2, -0.15) is 0 Å². The minimum atomic E-state index is 0.503. The zero-order valence-electron chi connectivity index (χ0n) is 11.7. The van der Waals surface area contributed by atoms with Crippen LogP contribution in [0.2, 0.25) is 0 Å². The Bertz CT molecular complexity index is 380. The summed E-state index contributed by atoms with van der Waals surface area (Å²) in [6.07, 6.45) is 3.93. The van der Waals surface area contributed by atoms with Gasteiger partial charge in [0, 0.05) is 44.8 Å². The van der Waals surface area contributed by atoms with Crippen LogP contribution in [0.4, 0.5) is 0 Å². The van der Waals surface area contributed by atoms with Gasteiger partial charge in [0.05, 0.1) is 0 Å². The topological polar surface area (TPSA) is 32.5 Å². The third-order valence-corrected chi connectivity index (χ3v) is 4.51. The molecule has 104 valence electrons. The molecule has 3 rings (SSSR count). The van der Waals surface area contributed by atoms with Crippen LogP contribution in [0.3, 0.4) is 0 Å². The number of benzene rings is 1. The Kier molecular flexibility index (Phi) is 4.16. The molecule has 1 saturated heterocycles. The molecule has 3 heteroatoms. The van der Waals surface area contributed by atoms with Gasteiger partial charge in [0.1, 0.15) is 0 Å². The number of nitrogens with zero attached hydrogens (tertiary/aromatic N) is 2. The van der Waals surface area contributed by atoms with Crippen molar-refractivity contribution in [3.63, 3.8) is 0 Å². The van der Waals surface area contributed by atoms with Crippen molar-refractivity contribution in [2.75, 3.05) is 32.7 Å². The summed E-state index contributed by atoms with van der Waals surface area (Å²) in [4.78, 5) is 5.25. The van der Waals surface area contributed by atoms with Crippen molar-refractivity contribution in [3.05, 3.63) is 35.9 Å². The lowest BCUT2D eigenvalue weighted by Crippen LogP contribution is -2.53. The number of piperazine rings is 1. The van der Waals surface area contributed by atoms with Crippen LogP contribution in [0.15, 0.2) is 30.3 Å². The van der Waals surface area contributed by atoms with E-state index in [-0.39, 0.29) is 0 Å². The van der Waals surface area contributed by atoms with Crippen LogP contribution in [-0.4, -0.2) is 54.6 Å². The van der Waals surface area contributed by atoms with Crippen LogP contribution in [0.1, 0.15) is 18.4 Å². The molecule has 0 bridgehead atoms. The monoisotopic (exact) mass is 259 g/mol. The fourth-order valence-corrected chi connectivity index (χ4v) is 3.16. The van der Waals surface area contributed by atoms with Crippen LogP contribution in [0.25, 0.3) is 0 Å². The van der Waals surface area contributed by atoms with Crippen LogP contribution in [-0.2, 0) is 6.42 Å². The summed E-state index contributed by atoms with van der Waals surface area (Å²) >= 11 is 0. The molecular formula is C16H25N3. The molecule has 1 unspecified atom stereocenters. The largest absolute Gasteiger partial charge is 0.329 e. The van der Waals surface area contributed by atoms with E-state index in [1.807, 2.05) is 0 Å².